The third-order valence-corrected chi connectivity index (χ3v) is 2.83. The second kappa shape index (κ2) is 5.05. The van der Waals surface area contributed by atoms with Crippen molar-refractivity contribution in [2.45, 2.75) is 6.54 Å². The smallest absolute Gasteiger partial charge is 0.271 e. The molecule has 2 rings (SSSR count). The summed E-state index contributed by atoms with van der Waals surface area (Å²) in [5.41, 5.74) is 0.618. The van der Waals surface area contributed by atoms with Gasteiger partial charge in [-0.3, -0.25) is 10.1 Å². The van der Waals surface area contributed by atoms with Crippen molar-refractivity contribution in [2.24, 2.45) is 7.05 Å². The molecule has 2 aromatic rings. The molecule has 0 aliphatic heterocycles. The molecule has 0 fully saturated rings. The summed E-state index contributed by atoms with van der Waals surface area (Å²) in [6, 6.07) is 4.32. The molecule has 0 aliphatic carbocycles. The van der Waals surface area contributed by atoms with Crippen molar-refractivity contribution in [1.82, 2.24) is 9.55 Å². The highest BCUT2D eigenvalue weighted by Crippen LogP contribution is 2.26. The number of non-ortho nitro benzene ring substituents is 1. The molecule has 7 heteroatoms. The molecule has 0 spiro atoms. The number of nitrogens with zero attached hydrogens (tertiary/aromatic N) is 3. The summed E-state index contributed by atoms with van der Waals surface area (Å²) in [5.74, 6) is 0.851. The van der Waals surface area contributed by atoms with Gasteiger partial charge in [0, 0.05) is 31.6 Å². The van der Waals surface area contributed by atoms with Crippen molar-refractivity contribution in [2.75, 3.05) is 5.32 Å². The fourth-order valence-electron chi connectivity index (χ4n) is 1.50. The third-order valence-electron chi connectivity index (χ3n) is 2.52. The van der Waals surface area contributed by atoms with Crippen molar-refractivity contribution < 1.29 is 4.92 Å². The highest BCUT2D eigenvalue weighted by molar-refractivity contribution is 6.33. The average molecular weight is 267 g/mol. The van der Waals surface area contributed by atoms with E-state index in [0.29, 0.717) is 17.3 Å². The van der Waals surface area contributed by atoms with Crippen LogP contribution in [0.4, 0.5) is 11.4 Å². The quantitative estimate of drug-likeness (QED) is 0.682. The van der Waals surface area contributed by atoms with Gasteiger partial charge in [-0.2, -0.15) is 0 Å². The van der Waals surface area contributed by atoms with E-state index in [1.165, 1.54) is 12.1 Å². The lowest BCUT2D eigenvalue weighted by Crippen LogP contribution is -2.06. The van der Waals surface area contributed by atoms with E-state index in [2.05, 4.69) is 10.3 Å². The topological polar surface area (TPSA) is 73.0 Å². The van der Waals surface area contributed by atoms with Crippen LogP contribution in [0, 0.1) is 10.1 Å². The first-order valence-corrected chi connectivity index (χ1v) is 5.60. The van der Waals surface area contributed by atoms with Gasteiger partial charge in [0.2, 0.25) is 0 Å². The minimum absolute atomic E-state index is 0.0254. The number of hydrogen-bond donors (Lipinski definition) is 1. The van der Waals surface area contributed by atoms with Gasteiger partial charge in [0.15, 0.2) is 0 Å². The second-order valence-corrected chi connectivity index (χ2v) is 4.14. The molecular weight excluding hydrogens is 256 g/mol. The Morgan fingerprint density at radius 2 is 2.33 bits per heavy atom. The van der Waals surface area contributed by atoms with Crippen molar-refractivity contribution in [3.8, 4) is 0 Å². The summed E-state index contributed by atoms with van der Waals surface area (Å²) in [4.78, 5) is 14.2. The number of nitro groups is 1. The lowest BCUT2D eigenvalue weighted by molar-refractivity contribution is -0.384. The van der Waals surface area contributed by atoms with Crippen LogP contribution in [0.15, 0.2) is 30.6 Å². The fourth-order valence-corrected chi connectivity index (χ4v) is 1.74. The van der Waals surface area contributed by atoms with Gasteiger partial charge in [0.05, 0.1) is 22.2 Å². The largest absolute Gasteiger partial charge is 0.377 e. The predicted octanol–water partition coefficient (Wildman–Crippen LogP) is 2.59. The number of aromatic nitrogens is 2. The van der Waals surface area contributed by atoms with Crippen molar-refractivity contribution in [1.29, 1.82) is 0 Å². The van der Waals surface area contributed by atoms with E-state index >= 15 is 0 Å². The van der Waals surface area contributed by atoms with E-state index in [4.69, 9.17) is 11.6 Å². The summed E-state index contributed by atoms with van der Waals surface area (Å²) < 4.78 is 1.88. The van der Waals surface area contributed by atoms with Gasteiger partial charge in [-0.05, 0) is 6.07 Å². The number of rotatable bonds is 4. The molecule has 1 N–H and O–H groups in total. The van der Waals surface area contributed by atoms with Gasteiger partial charge in [0.1, 0.15) is 5.82 Å². The van der Waals surface area contributed by atoms with Gasteiger partial charge in [-0.15, -0.1) is 0 Å². The molecule has 6 nitrogen and oxygen atoms in total. The summed E-state index contributed by atoms with van der Waals surface area (Å²) >= 11 is 5.96. The number of halogens is 1. The Balaban J connectivity index is 2.11. The molecule has 1 aromatic carbocycles. The molecule has 0 amide bonds. The molecule has 0 radical (unpaired) electrons. The maximum atomic E-state index is 10.6. The summed E-state index contributed by atoms with van der Waals surface area (Å²) in [6.45, 7) is 0.501. The molecule has 1 heterocycles. The molecule has 94 valence electrons. The van der Waals surface area contributed by atoms with Crippen molar-refractivity contribution in [3.63, 3.8) is 0 Å². The minimum atomic E-state index is -0.478. The number of benzene rings is 1. The number of imidazole rings is 1. The summed E-state index contributed by atoms with van der Waals surface area (Å²) in [5, 5.41) is 14.0. The molecule has 0 bridgehead atoms. The van der Waals surface area contributed by atoms with Crippen LogP contribution in [0.25, 0.3) is 0 Å². The predicted molar refractivity (Wildman–Crippen MR) is 68.6 cm³/mol. The maximum absolute atomic E-state index is 10.6. The van der Waals surface area contributed by atoms with Gasteiger partial charge in [-0.25, -0.2) is 4.98 Å². The number of hydrogen-bond acceptors (Lipinski definition) is 4. The molecule has 0 saturated heterocycles. The molecule has 1 aromatic heterocycles. The number of anilines is 1. The van der Waals surface area contributed by atoms with E-state index < -0.39 is 4.92 Å². The lowest BCUT2D eigenvalue weighted by atomic mass is 10.3. The van der Waals surface area contributed by atoms with Crippen LogP contribution in [0.3, 0.4) is 0 Å². The van der Waals surface area contributed by atoms with Gasteiger partial charge in [-0.1, -0.05) is 11.6 Å². The Labute approximate surface area is 108 Å². The van der Waals surface area contributed by atoms with Crippen molar-refractivity contribution in [3.05, 3.63) is 51.6 Å². The van der Waals surface area contributed by atoms with E-state index in [1.54, 1.807) is 12.3 Å². The Kier molecular flexibility index (Phi) is 3.47. The van der Waals surface area contributed by atoms with Gasteiger partial charge >= 0.3 is 0 Å². The first-order chi connectivity index (χ1) is 8.58. The van der Waals surface area contributed by atoms with E-state index in [1.807, 2.05) is 17.8 Å². The number of nitro benzene ring substituents is 1. The first kappa shape index (κ1) is 12.4. The van der Waals surface area contributed by atoms with Crippen LogP contribution in [0.2, 0.25) is 5.02 Å². The van der Waals surface area contributed by atoms with Crippen LogP contribution in [0.1, 0.15) is 5.82 Å². The van der Waals surface area contributed by atoms with E-state index in [9.17, 15) is 10.1 Å². The third kappa shape index (κ3) is 2.60. The molecule has 0 unspecified atom stereocenters. The monoisotopic (exact) mass is 266 g/mol. The lowest BCUT2D eigenvalue weighted by Gasteiger charge is -2.08. The van der Waals surface area contributed by atoms with Crippen LogP contribution < -0.4 is 5.32 Å². The Morgan fingerprint density at radius 1 is 1.56 bits per heavy atom. The fraction of sp³-hybridized carbons (Fsp3) is 0.182. The SMILES string of the molecule is Cn1ccnc1CNc1ccc([N+](=O)[O-])cc1Cl. The second-order valence-electron chi connectivity index (χ2n) is 3.73. The van der Waals surface area contributed by atoms with Crippen LogP contribution in [0.5, 0.6) is 0 Å². The molecular formula is C11H11ClN4O2. The van der Waals surface area contributed by atoms with E-state index in [0.717, 1.165) is 5.82 Å². The maximum Gasteiger partial charge on any atom is 0.271 e. The number of aryl methyl sites for hydroxylation is 1. The van der Waals surface area contributed by atoms with Crippen LogP contribution in [-0.2, 0) is 13.6 Å². The average Bonchev–Trinajstić information content (AvgIpc) is 2.73. The van der Waals surface area contributed by atoms with Crippen LogP contribution >= 0.6 is 11.6 Å². The van der Waals surface area contributed by atoms with Gasteiger partial charge < -0.3 is 9.88 Å². The zero-order chi connectivity index (χ0) is 13.1. The summed E-state index contributed by atoms with van der Waals surface area (Å²) in [6.07, 6.45) is 3.54. The Morgan fingerprint density at radius 3 is 2.89 bits per heavy atom. The van der Waals surface area contributed by atoms with E-state index in [-0.39, 0.29) is 5.69 Å². The highest BCUT2D eigenvalue weighted by Gasteiger charge is 2.09. The van der Waals surface area contributed by atoms with Gasteiger partial charge in [0.25, 0.3) is 5.69 Å². The highest BCUT2D eigenvalue weighted by atomic mass is 35.5. The molecule has 18 heavy (non-hydrogen) atoms. The summed E-state index contributed by atoms with van der Waals surface area (Å²) in [7, 11) is 1.89. The standard InChI is InChI=1S/C11H11ClN4O2/c1-15-5-4-13-11(15)7-14-10-3-2-8(16(17)18)6-9(10)12/h2-6,14H,7H2,1H3. The Bertz CT molecular complexity index is 582. The minimum Gasteiger partial charge on any atom is -0.377 e. The number of nitrogens with one attached hydrogen (secondary N) is 1. The van der Waals surface area contributed by atoms with Crippen LogP contribution in [-0.4, -0.2) is 14.5 Å². The first-order valence-electron chi connectivity index (χ1n) is 5.22. The molecule has 0 aliphatic rings. The zero-order valence-corrected chi connectivity index (χ0v) is 10.4. The zero-order valence-electron chi connectivity index (χ0n) is 9.63. The molecule has 0 atom stereocenters. The normalized spacial score (nSPS) is 10.3. The Hall–Kier alpha value is -2.08. The van der Waals surface area contributed by atoms with Crippen molar-refractivity contribution >= 4 is 23.0 Å². The molecule has 0 saturated carbocycles.